The number of imide groups is 1. The molecule has 0 bridgehead atoms. The second-order valence-electron chi connectivity index (χ2n) is 8.16. The average molecular weight is 409 g/mol. The maximum atomic E-state index is 13.4. The lowest BCUT2D eigenvalue weighted by Gasteiger charge is -2.27. The SMILES string of the molecule is Cc1ccc(N2C(=O)[C@@H]3[C@@H](C2=O)[C@@H](C(=O)c2ccc(Cl)cc2)N2CCC[C@H]32)cc1. The van der Waals surface area contributed by atoms with E-state index in [-0.39, 0.29) is 23.6 Å². The monoisotopic (exact) mass is 408 g/mol. The van der Waals surface area contributed by atoms with Gasteiger partial charge < -0.3 is 0 Å². The third-order valence-corrected chi connectivity index (χ3v) is 6.79. The molecule has 0 spiro atoms. The van der Waals surface area contributed by atoms with E-state index < -0.39 is 17.9 Å². The number of carbonyl (C=O) groups excluding carboxylic acids is 3. The van der Waals surface area contributed by atoms with Gasteiger partial charge in [0.25, 0.3) is 0 Å². The number of Topliss-reactive ketones (excluding diaryl/α,β-unsaturated/α-hetero) is 1. The molecule has 5 rings (SSSR count). The Morgan fingerprint density at radius 1 is 0.966 bits per heavy atom. The molecule has 148 valence electrons. The number of halogens is 1. The van der Waals surface area contributed by atoms with Crippen LogP contribution in [0.25, 0.3) is 0 Å². The molecule has 3 saturated heterocycles. The standard InChI is InChI=1S/C23H21ClN2O3/c1-13-4-10-16(11-5-13)26-22(28)18-17-3-2-12-25(17)20(19(18)23(26)29)21(27)14-6-8-15(24)9-7-14/h4-11,17-20H,2-3,12H2,1H3/t17-,18+,19-,20+/m1/s1. The molecule has 3 heterocycles. The number of benzene rings is 2. The molecule has 0 aromatic heterocycles. The molecule has 0 N–H and O–H groups in total. The fourth-order valence-corrected chi connectivity index (χ4v) is 5.37. The highest BCUT2D eigenvalue weighted by Gasteiger charge is 2.64. The summed E-state index contributed by atoms with van der Waals surface area (Å²) in [4.78, 5) is 43.6. The molecule has 0 aliphatic carbocycles. The summed E-state index contributed by atoms with van der Waals surface area (Å²) in [5, 5.41) is 0.558. The summed E-state index contributed by atoms with van der Waals surface area (Å²) in [6.45, 7) is 2.70. The number of aryl methyl sites for hydroxylation is 1. The van der Waals surface area contributed by atoms with E-state index in [4.69, 9.17) is 11.6 Å². The van der Waals surface area contributed by atoms with Crippen LogP contribution in [0, 0.1) is 18.8 Å². The molecule has 0 saturated carbocycles. The van der Waals surface area contributed by atoms with Crippen molar-refractivity contribution in [1.82, 2.24) is 4.90 Å². The summed E-state index contributed by atoms with van der Waals surface area (Å²) in [6, 6.07) is 13.5. The maximum absolute atomic E-state index is 13.4. The van der Waals surface area contributed by atoms with Crippen molar-refractivity contribution in [2.75, 3.05) is 11.4 Å². The summed E-state index contributed by atoms with van der Waals surface area (Å²) in [5.41, 5.74) is 2.17. The molecule has 3 fully saturated rings. The zero-order valence-corrected chi connectivity index (χ0v) is 16.8. The highest BCUT2D eigenvalue weighted by Crippen LogP contribution is 2.48. The second-order valence-corrected chi connectivity index (χ2v) is 8.60. The van der Waals surface area contributed by atoms with Crippen LogP contribution < -0.4 is 4.90 Å². The molecule has 2 aromatic carbocycles. The lowest BCUT2D eigenvalue weighted by atomic mass is 9.85. The van der Waals surface area contributed by atoms with Crippen LogP contribution in [-0.2, 0) is 9.59 Å². The van der Waals surface area contributed by atoms with Crippen molar-refractivity contribution in [3.63, 3.8) is 0 Å². The zero-order chi connectivity index (χ0) is 20.3. The van der Waals surface area contributed by atoms with Crippen molar-refractivity contribution in [3.8, 4) is 0 Å². The van der Waals surface area contributed by atoms with E-state index in [1.807, 2.05) is 19.1 Å². The van der Waals surface area contributed by atoms with Gasteiger partial charge in [-0.05, 0) is 62.7 Å². The molecular formula is C23H21ClN2O3. The Morgan fingerprint density at radius 3 is 2.31 bits per heavy atom. The van der Waals surface area contributed by atoms with Crippen LogP contribution in [0.4, 0.5) is 5.69 Å². The maximum Gasteiger partial charge on any atom is 0.239 e. The van der Waals surface area contributed by atoms with Gasteiger partial charge in [-0.25, -0.2) is 4.90 Å². The number of carbonyl (C=O) groups is 3. The number of fused-ring (bicyclic) bond motifs is 3. The van der Waals surface area contributed by atoms with E-state index in [1.165, 1.54) is 4.90 Å². The first-order valence-electron chi connectivity index (χ1n) is 9.97. The van der Waals surface area contributed by atoms with Crippen molar-refractivity contribution in [3.05, 3.63) is 64.7 Å². The molecule has 2 aromatic rings. The van der Waals surface area contributed by atoms with Crippen molar-refractivity contribution in [2.45, 2.75) is 31.8 Å². The van der Waals surface area contributed by atoms with Crippen molar-refractivity contribution in [1.29, 1.82) is 0 Å². The highest BCUT2D eigenvalue weighted by molar-refractivity contribution is 6.30. The molecular weight excluding hydrogens is 388 g/mol. The predicted molar refractivity (Wildman–Crippen MR) is 110 cm³/mol. The van der Waals surface area contributed by atoms with E-state index in [0.29, 0.717) is 16.3 Å². The van der Waals surface area contributed by atoms with E-state index in [1.54, 1.807) is 36.4 Å². The topological polar surface area (TPSA) is 57.7 Å². The Labute approximate surface area is 174 Å². The molecule has 0 unspecified atom stereocenters. The number of anilines is 1. The Balaban J connectivity index is 1.54. The van der Waals surface area contributed by atoms with Gasteiger partial charge >= 0.3 is 0 Å². The second kappa shape index (κ2) is 6.78. The lowest BCUT2D eigenvalue weighted by molar-refractivity contribution is -0.123. The minimum Gasteiger partial charge on any atom is -0.292 e. The molecule has 4 atom stereocenters. The van der Waals surface area contributed by atoms with Gasteiger partial charge in [0.05, 0.1) is 23.6 Å². The van der Waals surface area contributed by atoms with Gasteiger partial charge in [0.2, 0.25) is 11.8 Å². The van der Waals surface area contributed by atoms with Gasteiger partial charge in [0.1, 0.15) is 0 Å². The first kappa shape index (κ1) is 18.5. The number of hydrogen-bond acceptors (Lipinski definition) is 4. The normalized spacial score (nSPS) is 28.7. The summed E-state index contributed by atoms with van der Waals surface area (Å²) >= 11 is 5.97. The minimum atomic E-state index is -0.628. The van der Waals surface area contributed by atoms with E-state index in [9.17, 15) is 14.4 Å². The zero-order valence-electron chi connectivity index (χ0n) is 16.0. The van der Waals surface area contributed by atoms with Gasteiger partial charge in [0, 0.05) is 16.6 Å². The van der Waals surface area contributed by atoms with Crippen LogP contribution in [0.3, 0.4) is 0 Å². The average Bonchev–Trinajstić information content (AvgIpc) is 3.35. The fraction of sp³-hybridized carbons (Fsp3) is 0.348. The third kappa shape index (κ3) is 2.75. The van der Waals surface area contributed by atoms with Gasteiger partial charge in [-0.2, -0.15) is 0 Å². The number of amides is 2. The summed E-state index contributed by atoms with van der Waals surface area (Å²) < 4.78 is 0. The quantitative estimate of drug-likeness (QED) is 0.576. The molecule has 6 heteroatoms. The lowest BCUT2D eigenvalue weighted by Crippen LogP contribution is -2.46. The number of nitrogens with zero attached hydrogens (tertiary/aromatic N) is 2. The Kier molecular flexibility index (Phi) is 4.33. The van der Waals surface area contributed by atoms with Gasteiger partial charge in [-0.3, -0.25) is 19.3 Å². The van der Waals surface area contributed by atoms with Crippen LogP contribution >= 0.6 is 11.6 Å². The van der Waals surface area contributed by atoms with Crippen LogP contribution in [0.5, 0.6) is 0 Å². The number of ketones is 1. The highest BCUT2D eigenvalue weighted by atomic mass is 35.5. The Morgan fingerprint density at radius 2 is 1.62 bits per heavy atom. The van der Waals surface area contributed by atoms with Crippen LogP contribution in [0.1, 0.15) is 28.8 Å². The van der Waals surface area contributed by atoms with Gasteiger partial charge in [-0.1, -0.05) is 29.3 Å². The molecule has 3 aliphatic rings. The summed E-state index contributed by atoms with van der Waals surface area (Å²) in [6.07, 6.45) is 1.77. The van der Waals surface area contributed by atoms with Crippen molar-refractivity contribution >= 4 is 34.9 Å². The minimum absolute atomic E-state index is 0.0480. The molecule has 29 heavy (non-hydrogen) atoms. The molecule has 0 radical (unpaired) electrons. The van der Waals surface area contributed by atoms with Gasteiger partial charge in [0.15, 0.2) is 5.78 Å². The smallest absolute Gasteiger partial charge is 0.239 e. The number of hydrogen-bond donors (Lipinski definition) is 0. The number of rotatable bonds is 3. The van der Waals surface area contributed by atoms with Crippen molar-refractivity contribution in [2.24, 2.45) is 11.8 Å². The summed E-state index contributed by atoms with van der Waals surface area (Å²) in [7, 11) is 0. The first-order chi connectivity index (χ1) is 14.0. The molecule has 3 aliphatic heterocycles. The fourth-order valence-electron chi connectivity index (χ4n) is 5.25. The van der Waals surface area contributed by atoms with E-state index in [0.717, 1.165) is 24.9 Å². The van der Waals surface area contributed by atoms with Crippen molar-refractivity contribution < 1.29 is 14.4 Å². The Hall–Kier alpha value is -2.50. The Bertz CT molecular complexity index is 1000. The molecule has 2 amide bonds. The van der Waals surface area contributed by atoms with Crippen LogP contribution in [0.2, 0.25) is 5.02 Å². The first-order valence-corrected chi connectivity index (χ1v) is 10.3. The van der Waals surface area contributed by atoms with Crippen LogP contribution in [-0.4, -0.2) is 41.1 Å². The molecule has 5 nitrogen and oxygen atoms in total. The van der Waals surface area contributed by atoms with E-state index >= 15 is 0 Å². The van der Waals surface area contributed by atoms with Crippen LogP contribution in [0.15, 0.2) is 48.5 Å². The third-order valence-electron chi connectivity index (χ3n) is 6.54. The van der Waals surface area contributed by atoms with E-state index in [2.05, 4.69) is 4.90 Å². The largest absolute Gasteiger partial charge is 0.292 e. The predicted octanol–water partition coefficient (Wildman–Crippen LogP) is 3.48. The van der Waals surface area contributed by atoms with Gasteiger partial charge in [-0.15, -0.1) is 0 Å². The summed E-state index contributed by atoms with van der Waals surface area (Å²) in [5.74, 6) is -1.62.